The van der Waals surface area contributed by atoms with E-state index in [-0.39, 0.29) is 6.61 Å². The molecular weight excluding hydrogens is 146 g/mol. The first kappa shape index (κ1) is 7.72. The second-order valence-corrected chi connectivity index (χ2v) is 3.06. The van der Waals surface area contributed by atoms with Crippen LogP contribution < -0.4 is 5.32 Å². The average Bonchev–Trinajstić information content (AvgIpc) is 2.36. The summed E-state index contributed by atoms with van der Waals surface area (Å²) >= 11 is 1.60. The highest BCUT2D eigenvalue weighted by atomic mass is 32.1. The zero-order chi connectivity index (χ0) is 7.40. The highest BCUT2D eigenvalue weighted by molar-refractivity contribution is 7.10. The third-order valence-electron chi connectivity index (χ3n) is 1.35. The average molecular weight is 157 g/mol. The molecule has 0 amide bonds. The van der Waals surface area contributed by atoms with Crippen LogP contribution in [0.3, 0.4) is 0 Å². The highest BCUT2D eigenvalue weighted by Crippen LogP contribution is 2.15. The van der Waals surface area contributed by atoms with E-state index in [4.69, 9.17) is 5.11 Å². The largest absolute Gasteiger partial charge is 0.391 e. The number of nitrogens with one attached hydrogen (secondary N) is 1. The molecule has 0 aromatic carbocycles. The quantitative estimate of drug-likeness (QED) is 0.685. The van der Waals surface area contributed by atoms with Crippen LogP contribution in [0, 0.1) is 0 Å². The smallest absolute Gasteiger partial charge is 0.0777 e. The summed E-state index contributed by atoms with van der Waals surface area (Å²) in [7, 11) is 1.90. The fourth-order valence-electron chi connectivity index (χ4n) is 0.854. The van der Waals surface area contributed by atoms with Crippen molar-refractivity contribution in [3.05, 3.63) is 21.9 Å². The van der Waals surface area contributed by atoms with Crippen molar-refractivity contribution < 1.29 is 5.11 Å². The molecule has 0 spiro atoms. The van der Waals surface area contributed by atoms with Crippen LogP contribution in [0.5, 0.6) is 0 Å². The summed E-state index contributed by atoms with van der Waals surface area (Å²) in [6, 6.07) is 2.03. The fraction of sp³-hybridized carbons (Fsp3) is 0.429. The summed E-state index contributed by atoms with van der Waals surface area (Å²) in [5.41, 5.74) is 1.20. The number of hydrogen-bond acceptors (Lipinski definition) is 3. The Balaban J connectivity index is 2.70. The Kier molecular flexibility index (Phi) is 2.86. The lowest BCUT2D eigenvalue weighted by Gasteiger charge is -1.97. The van der Waals surface area contributed by atoms with E-state index in [1.165, 1.54) is 5.56 Å². The van der Waals surface area contributed by atoms with E-state index in [1.807, 2.05) is 18.5 Å². The van der Waals surface area contributed by atoms with Crippen molar-refractivity contribution in [2.45, 2.75) is 13.2 Å². The molecular formula is C7H11NOS. The third kappa shape index (κ3) is 1.56. The van der Waals surface area contributed by atoms with Gasteiger partial charge in [0, 0.05) is 11.4 Å². The number of aliphatic hydroxyl groups excluding tert-OH is 1. The molecule has 1 rings (SSSR count). The molecule has 0 saturated carbocycles. The molecule has 0 aliphatic rings. The lowest BCUT2D eigenvalue weighted by Crippen LogP contribution is -2.05. The lowest BCUT2D eigenvalue weighted by molar-refractivity contribution is 0.284. The molecule has 2 N–H and O–H groups in total. The maximum atomic E-state index is 8.82. The van der Waals surface area contributed by atoms with Gasteiger partial charge in [0.15, 0.2) is 0 Å². The number of thiophene rings is 1. The van der Waals surface area contributed by atoms with Crippen LogP contribution >= 0.6 is 11.3 Å². The molecule has 3 heteroatoms. The van der Waals surface area contributed by atoms with E-state index in [9.17, 15) is 0 Å². The maximum absolute atomic E-state index is 8.82. The molecule has 1 aromatic heterocycles. The molecule has 0 saturated heterocycles. The van der Waals surface area contributed by atoms with Crippen molar-refractivity contribution in [1.82, 2.24) is 5.32 Å². The molecule has 0 fully saturated rings. The molecule has 0 bridgehead atoms. The van der Waals surface area contributed by atoms with Crippen molar-refractivity contribution in [3.63, 3.8) is 0 Å². The SMILES string of the molecule is CNCc1ccsc1CO. The monoisotopic (exact) mass is 157 g/mol. The van der Waals surface area contributed by atoms with Crippen molar-refractivity contribution in [2.75, 3.05) is 7.05 Å². The van der Waals surface area contributed by atoms with Crippen LogP contribution in [0.15, 0.2) is 11.4 Å². The Bertz CT molecular complexity index is 197. The Labute approximate surface area is 64.5 Å². The molecule has 0 aliphatic heterocycles. The van der Waals surface area contributed by atoms with Gasteiger partial charge >= 0.3 is 0 Å². The van der Waals surface area contributed by atoms with Gasteiger partial charge in [0.25, 0.3) is 0 Å². The van der Waals surface area contributed by atoms with E-state index in [1.54, 1.807) is 11.3 Å². The molecule has 0 unspecified atom stereocenters. The van der Waals surface area contributed by atoms with Crippen LogP contribution in [0.1, 0.15) is 10.4 Å². The molecule has 0 atom stereocenters. The summed E-state index contributed by atoms with van der Waals surface area (Å²) in [5.74, 6) is 0. The second-order valence-electron chi connectivity index (χ2n) is 2.06. The van der Waals surface area contributed by atoms with Crippen molar-refractivity contribution in [3.8, 4) is 0 Å². The first-order valence-electron chi connectivity index (χ1n) is 3.19. The lowest BCUT2D eigenvalue weighted by atomic mass is 10.2. The van der Waals surface area contributed by atoms with Crippen LogP contribution in [0.4, 0.5) is 0 Å². The van der Waals surface area contributed by atoms with Crippen LogP contribution in [-0.2, 0) is 13.2 Å². The van der Waals surface area contributed by atoms with Gasteiger partial charge in [-0.1, -0.05) is 0 Å². The first-order chi connectivity index (χ1) is 4.88. The standard InChI is InChI=1S/C7H11NOS/c1-8-4-6-2-3-10-7(6)5-9/h2-3,8-9H,4-5H2,1H3. The van der Waals surface area contributed by atoms with Gasteiger partial charge in [0.05, 0.1) is 6.61 Å². The highest BCUT2D eigenvalue weighted by Gasteiger charge is 1.99. The summed E-state index contributed by atoms with van der Waals surface area (Å²) in [6.45, 7) is 1.01. The van der Waals surface area contributed by atoms with E-state index < -0.39 is 0 Å². The molecule has 0 aliphatic carbocycles. The topological polar surface area (TPSA) is 32.3 Å². The van der Waals surface area contributed by atoms with Gasteiger partial charge < -0.3 is 10.4 Å². The number of aliphatic hydroxyl groups is 1. The second kappa shape index (κ2) is 3.71. The van der Waals surface area contributed by atoms with E-state index in [2.05, 4.69) is 5.32 Å². The van der Waals surface area contributed by atoms with Gasteiger partial charge in [0.2, 0.25) is 0 Å². The minimum absolute atomic E-state index is 0.161. The molecule has 2 nitrogen and oxygen atoms in total. The van der Waals surface area contributed by atoms with Crippen LogP contribution in [0.25, 0.3) is 0 Å². The molecule has 1 aromatic rings. The maximum Gasteiger partial charge on any atom is 0.0777 e. The van der Waals surface area contributed by atoms with Gasteiger partial charge in [0.1, 0.15) is 0 Å². The zero-order valence-corrected chi connectivity index (χ0v) is 6.74. The minimum Gasteiger partial charge on any atom is -0.391 e. The molecule has 56 valence electrons. The summed E-state index contributed by atoms with van der Waals surface area (Å²) in [5, 5.41) is 13.9. The minimum atomic E-state index is 0.161. The van der Waals surface area contributed by atoms with Crippen molar-refractivity contribution >= 4 is 11.3 Å². The molecule has 0 radical (unpaired) electrons. The summed E-state index contributed by atoms with van der Waals surface area (Å²) in [6.07, 6.45) is 0. The Morgan fingerprint density at radius 2 is 2.50 bits per heavy atom. The normalized spacial score (nSPS) is 10.2. The van der Waals surface area contributed by atoms with E-state index >= 15 is 0 Å². The van der Waals surface area contributed by atoms with Gasteiger partial charge in [-0.25, -0.2) is 0 Å². The van der Waals surface area contributed by atoms with E-state index in [0.717, 1.165) is 11.4 Å². The van der Waals surface area contributed by atoms with Gasteiger partial charge in [-0.2, -0.15) is 0 Å². The Morgan fingerprint density at radius 1 is 1.70 bits per heavy atom. The summed E-state index contributed by atoms with van der Waals surface area (Å²) < 4.78 is 0. The predicted molar refractivity (Wildman–Crippen MR) is 43.0 cm³/mol. The summed E-state index contributed by atoms with van der Waals surface area (Å²) in [4.78, 5) is 1.06. The Hall–Kier alpha value is -0.380. The van der Waals surface area contributed by atoms with Gasteiger partial charge in [-0.05, 0) is 24.1 Å². The molecule has 10 heavy (non-hydrogen) atoms. The Morgan fingerprint density at radius 3 is 3.10 bits per heavy atom. The predicted octanol–water partition coefficient (Wildman–Crippen LogP) is 0.960. The zero-order valence-electron chi connectivity index (χ0n) is 5.92. The first-order valence-corrected chi connectivity index (χ1v) is 4.07. The van der Waals surface area contributed by atoms with Crippen molar-refractivity contribution in [1.29, 1.82) is 0 Å². The van der Waals surface area contributed by atoms with Crippen LogP contribution in [-0.4, -0.2) is 12.2 Å². The van der Waals surface area contributed by atoms with Gasteiger partial charge in [-0.3, -0.25) is 0 Å². The third-order valence-corrected chi connectivity index (χ3v) is 2.30. The molecule has 1 heterocycles. The van der Waals surface area contributed by atoms with Crippen LogP contribution in [0.2, 0.25) is 0 Å². The van der Waals surface area contributed by atoms with Gasteiger partial charge in [-0.15, -0.1) is 11.3 Å². The number of hydrogen-bond donors (Lipinski definition) is 2. The number of rotatable bonds is 3. The van der Waals surface area contributed by atoms with E-state index in [0.29, 0.717) is 0 Å². The van der Waals surface area contributed by atoms with Crippen molar-refractivity contribution in [2.24, 2.45) is 0 Å². The fourth-order valence-corrected chi connectivity index (χ4v) is 1.62.